The summed E-state index contributed by atoms with van der Waals surface area (Å²) in [6.07, 6.45) is 3.82. The lowest BCUT2D eigenvalue weighted by Crippen LogP contribution is -2.25. The predicted octanol–water partition coefficient (Wildman–Crippen LogP) is 2.77. The van der Waals surface area contributed by atoms with Crippen molar-refractivity contribution in [2.24, 2.45) is 0 Å². The topological polar surface area (TPSA) is 88.5 Å². The summed E-state index contributed by atoms with van der Waals surface area (Å²) in [7, 11) is 0. The lowest BCUT2D eigenvalue weighted by Gasteiger charge is -2.06. The molecule has 4 aromatic rings. The maximum absolute atomic E-state index is 12.3. The maximum atomic E-state index is 12.3. The number of aromatic nitrogens is 5. The molecule has 7 nitrogen and oxygen atoms in total. The Labute approximate surface area is 154 Å². The van der Waals surface area contributed by atoms with E-state index in [1.54, 1.807) is 35.4 Å². The van der Waals surface area contributed by atoms with Gasteiger partial charge in [0, 0.05) is 29.2 Å². The van der Waals surface area contributed by atoms with Gasteiger partial charge in [-0.1, -0.05) is 11.6 Å². The number of carbonyl (C=O) groups excluding carboxylic acids is 1. The van der Waals surface area contributed by atoms with E-state index in [4.69, 9.17) is 11.6 Å². The van der Waals surface area contributed by atoms with Crippen molar-refractivity contribution < 1.29 is 4.79 Å². The number of imidazole rings is 1. The lowest BCUT2D eigenvalue weighted by atomic mass is 10.2. The zero-order valence-corrected chi connectivity index (χ0v) is 14.4. The van der Waals surface area contributed by atoms with Crippen molar-refractivity contribution in [2.75, 3.05) is 6.54 Å². The highest BCUT2D eigenvalue weighted by atomic mass is 35.5. The van der Waals surface area contributed by atoms with Crippen molar-refractivity contribution >= 4 is 28.5 Å². The van der Waals surface area contributed by atoms with Crippen molar-refractivity contribution in [3.63, 3.8) is 0 Å². The van der Waals surface area contributed by atoms with E-state index in [0.717, 1.165) is 22.5 Å². The SMILES string of the molecule is O=C(NCCc1nc2ccc(Cl)cc2[nH]1)c1ccc(-n2cnnc2)cc1. The number of aromatic amines is 1. The van der Waals surface area contributed by atoms with Crippen LogP contribution in [0.15, 0.2) is 55.1 Å². The summed E-state index contributed by atoms with van der Waals surface area (Å²) in [6.45, 7) is 0.486. The Bertz CT molecular complexity index is 1040. The minimum Gasteiger partial charge on any atom is -0.352 e. The molecular weight excluding hydrogens is 352 g/mol. The largest absolute Gasteiger partial charge is 0.352 e. The average Bonchev–Trinajstić information content (AvgIpc) is 3.31. The van der Waals surface area contributed by atoms with Gasteiger partial charge in [-0.15, -0.1) is 10.2 Å². The molecule has 2 heterocycles. The second-order valence-corrected chi connectivity index (χ2v) is 6.20. The Kier molecular flexibility index (Phi) is 4.37. The molecule has 4 rings (SSSR count). The Balaban J connectivity index is 1.35. The third-order valence-electron chi connectivity index (χ3n) is 3.99. The van der Waals surface area contributed by atoms with Crippen molar-refractivity contribution in [3.8, 4) is 5.69 Å². The second kappa shape index (κ2) is 6.97. The molecule has 0 unspecified atom stereocenters. The van der Waals surface area contributed by atoms with Gasteiger partial charge in [0.05, 0.1) is 11.0 Å². The number of hydrogen-bond acceptors (Lipinski definition) is 4. The normalized spacial score (nSPS) is 11.0. The molecular formula is C18H15ClN6O. The summed E-state index contributed by atoms with van der Waals surface area (Å²) >= 11 is 5.97. The van der Waals surface area contributed by atoms with Gasteiger partial charge < -0.3 is 10.3 Å². The summed E-state index contributed by atoms with van der Waals surface area (Å²) in [5.41, 5.74) is 3.24. The van der Waals surface area contributed by atoms with Crippen LogP contribution in [0.1, 0.15) is 16.2 Å². The van der Waals surface area contributed by atoms with Crippen LogP contribution in [0.2, 0.25) is 5.02 Å². The zero-order chi connectivity index (χ0) is 17.9. The molecule has 1 amide bonds. The Hall–Kier alpha value is -3.19. The minimum atomic E-state index is -0.125. The summed E-state index contributed by atoms with van der Waals surface area (Å²) < 4.78 is 1.77. The zero-order valence-electron chi connectivity index (χ0n) is 13.7. The molecule has 0 spiro atoms. The molecule has 130 valence electrons. The van der Waals surface area contributed by atoms with E-state index in [1.165, 1.54) is 0 Å². The molecule has 2 aromatic heterocycles. The first-order valence-corrected chi connectivity index (χ1v) is 8.44. The number of nitrogens with one attached hydrogen (secondary N) is 2. The number of hydrogen-bond donors (Lipinski definition) is 2. The van der Waals surface area contributed by atoms with Crippen LogP contribution >= 0.6 is 11.6 Å². The molecule has 0 aliphatic carbocycles. The molecule has 0 aliphatic heterocycles. The molecule has 8 heteroatoms. The van der Waals surface area contributed by atoms with Crippen LogP contribution in [0.3, 0.4) is 0 Å². The molecule has 26 heavy (non-hydrogen) atoms. The molecule has 0 saturated carbocycles. The number of amides is 1. The van der Waals surface area contributed by atoms with Gasteiger partial charge in [0.1, 0.15) is 18.5 Å². The van der Waals surface area contributed by atoms with E-state index >= 15 is 0 Å². The summed E-state index contributed by atoms with van der Waals surface area (Å²) in [5, 5.41) is 11.1. The van der Waals surface area contributed by atoms with Crippen LogP contribution in [0.4, 0.5) is 0 Å². The molecule has 2 aromatic carbocycles. The molecule has 0 saturated heterocycles. The summed E-state index contributed by atoms with van der Waals surface area (Å²) in [5.74, 6) is 0.685. The highest BCUT2D eigenvalue weighted by molar-refractivity contribution is 6.31. The predicted molar refractivity (Wildman–Crippen MR) is 98.5 cm³/mol. The standard InChI is InChI=1S/C18H15ClN6O/c19-13-3-6-15-16(9-13)24-17(23-15)7-8-20-18(26)12-1-4-14(5-2-12)25-10-21-22-11-25/h1-6,9-11H,7-8H2,(H,20,26)(H,23,24). The number of H-pyrrole nitrogens is 1. The first-order valence-electron chi connectivity index (χ1n) is 8.06. The Morgan fingerprint density at radius 2 is 1.88 bits per heavy atom. The molecule has 0 bridgehead atoms. The second-order valence-electron chi connectivity index (χ2n) is 5.77. The first kappa shape index (κ1) is 16.3. The highest BCUT2D eigenvalue weighted by Crippen LogP contribution is 2.17. The van der Waals surface area contributed by atoms with Gasteiger partial charge >= 0.3 is 0 Å². The Morgan fingerprint density at radius 1 is 1.12 bits per heavy atom. The van der Waals surface area contributed by atoms with Crippen LogP contribution in [-0.4, -0.2) is 37.2 Å². The van der Waals surface area contributed by atoms with Gasteiger partial charge in [0.15, 0.2) is 0 Å². The van der Waals surface area contributed by atoms with E-state index in [9.17, 15) is 4.79 Å². The van der Waals surface area contributed by atoms with Gasteiger partial charge in [0.25, 0.3) is 5.91 Å². The fraction of sp³-hybridized carbons (Fsp3) is 0.111. The van der Waals surface area contributed by atoms with Crippen LogP contribution in [-0.2, 0) is 6.42 Å². The highest BCUT2D eigenvalue weighted by Gasteiger charge is 2.07. The van der Waals surface area contributed by atoms with Crippen LogP contribution in [0.25, 0.3) is 16.7 Å². The van der Waals surface area contributed by atoms with Crippen molar-refractivity contribution in [2.45, 2.75) is 6.42 Å². The van der Waals surface area contributed by atoms with E-state index in [1.807, 2.05) is 24.3 Å². The molecule has 0 aliphatic rings. The first-order chi connectivity index (χ1) is 12.7. The van der Waals surface area contributed by atoms with E-state index < -0.39 is 0 Å². The van der Waals surface area contributed by atoms with E-state index in [2.05, 4.69) is 25.5 Å². The van der Waals surface area contributed by atoms with Gasteiger partial charge in [-0.2, -0.15) is 0 Å². The van der Waals surface area contributed by atoms with Crippen LogP contribution in [0, 0.1) is 0 Å². The summed E-state index contributed by atoms with van der Waals surface area (Å²) in [6, 6.07) is 12.8. The third-order valence-corrected chi connectivity index (χ3v) is 4.22. The van der Waals surface area contributed by atoms with E-state index in [-0.39, 0.29) is 5.91 Å². The van der Waals surface area contributed by atoms with Gasteiger partial charge in [0.2, 0.25) is 0 Å². The molecule has 2 N–H and O–H groups in total. The number of carbonyl (C=O) groups is 1. The van der Waals surface area contributed by atoms with Gasteiger partial charge in [-0.25, -0.2) is 4.98 Å². The number of halogens is 1. The van der Waals surface area contributed by atoms with Gasteiger partial charge in [-0.3, -0.25) is 9.36 Å². The molecule has 0 radical (unpaired) electrons. The quantitative estimate of drug-likeness (QED) is 0.568. The summed E-state index contributed by atoms with van der Waals surface area (Å²) in [4.78, 5) is 20.0. The van der Waals surface area contributed by atoms with Crippen LogP contribution in [0.5, 0.6) is 0 Å². The number of rotatable bonds is 5. The number of nitrogens with zero attached hydrogens (tertiary/aromatic N) is 4. The third kappa shape index (κ3) is 3.43. The monoisotopic (exact) mass is 366 g/mol. The minimum absolute atomic E-state index is 0.125. The Morgan fingerprint density at radius 3 is 2.65 bits per heavy atom. The number of fused-ring (bicyclic) bond motifs is 1. The smallest absolute Gasteiger partial charge is 0.251 e. The van der Waals surface area contributed by atoms with Crippen molar-refractivity contribution in [1.82, 2.24) is 30.0 Å². The van der Waals surface area contributed by atoms with E-state index in [0.29, 0.717) is 23.6 Å². The fourth-order valence-electron chi connectivity index (χ4n) is 2.67. The lowest BCUT2D eigenvalue weighted by molar-refractivity contribution is 0.0954. The number of benzene rings is 2. The molecule has 0 atom stereocenters. The average molecular weight is 367 g/mol. The fourth-order valence-corrected chi connectivity index (χ4v) is 2.84. The molecule has 0 fully saturated rings. The van der Waals surface area contributed by atoms with Gasteiger partial charge in [-0.05, 0) is 42.5 Å². The van der Waals surface area contributed by atoms with Crippen LogP contribution < -0.4 is 5.32 Å². The van der Waals surface area contributed by atoms with Crippen molar-refractivity contribution in [1.29, 1.82) is 0 Å². The van der Waals surface area contributed by atoms with Crippen molar-refractivity contribution in [3.05, 3.63) is 71.5 Å². The maximum Gasteiger partial charge on any atom is 0.251 e.